The van der Waals surface area contributed by atoms with Crippen LogP contribution in [-0.2, 0) is 0 Å². The molecular formula is C15H20ClN3S. The maximum absolute atomic E-state index is 6.37. The summed E-state index contributed by atoms with van der Waals surface area (Å²) in [5, 5.41) is 0.553. The molecule has 5 heteroatoms. The van der Waals surface area contributed by atoms with Crippen LogP contribution in [0.15, 0.2) is 12.3 Å². The quantitative estimate of drug-likeness (QED) is 0.782. The van der Waals surface area contributed by atoms with Gasteiger partial charge in [-0.2, -0.15) is 11.8 Å². The fourth-order valence-electron chi connectivity index (χ4n) is 3.18. The first-order valence-electron chi connectivity index (χ1n) is 7.13. The molecule has 2 aromatic rings. The normalized spacial score (nSPS) is 24.4. The monoisotopic (exact) mass is 309 g/mol. The van der Waals surface area contributed by atoms with Crippen molar-refractivity contribution in [1.29, 1.82) is 0 Å². The van der Waals surface area contributed by atoms with Crippen molar-refractivity contribution < 1.29 is 0 Å². The number of hydrogen-bond donors (Lipinski definition) is 0. The molecule has 1 saturated carbocycles. The van der Waals surface area contributed by atoms with E-state index in [9.17, 15) is 0 Å². The van der Waals surface area contributed by atoms with Crippen LogP contribution in [0, 0.1) is 6.92 Å². The van der Waals surface area contributed by atoms with Gasteiger partial charge < -0.3 is 4.57 Å². The highest BCUT2D eigenvalue weighted by atomic mass is 35.5. The molecule has 0 radical (unpaired) electrons. The second-order valence-corrected chi connectivity index (χ2v) is 7.32. The Labute approximate surface area is 129 Å². The van der Waals surface area contributed by atoms with Gasteiger partial charge in [0.25, 0.3) is 0 Å². The van der Waals surface area contributed by atoms with Gasteiger partial charge in [-0.05, 0) is 44.6 Å². The summed E-state index contributed by atoms with van der Waals surface area (Å²) < 4.78 is 2.31. The SMILES string of the molecule is CSC1CCCC1n1c(C(C)Cl)nc2cc(C)cnc21. The molecule has 2 aromatic heterocycles. The summed E-state index contributed by atoms with van der Waals surface area (Å²) in [4.78, 5) is 9.38. The second kappa shape index (κ2) is 5.57. The molecule has 0 N–H and O–H groups in total. The molecule has 0 amide bonds. The summed E-state index contributed by atoms with van der Waals surface area (Å²) in [7, 11) is 0. The van der Waals surface area contributed by atoms with Crippen molar-refractivity contribution in [3.63, 3.8) is 0 Å². The molecule has 20 heavy (non-hydrogen) atoms. The largest absolute Gasteiger partial charge is 0.307 e. The van der Waals surface area contributed by atoms with Crippen molar-refractivity contribution in [1.82, 2.24) is 14.5 Å². The molecule has 0 aliphatic heterocycles. The molecule has 108 valence electrons. The predicted octanol–water partition coefficient (Wildman–Crippen LogP) is 4.50. The lowest BCUT2D eigenvalue weighted by atomic mass is 10.2. The molecule has 3 rings (SSSR count). The van der Waals surface area contributed by atoms with Gasteiger partial charge >= 0.3 is 0 Å². The van der Waals surface area contributed by atoms with Crippen molar-refractivity contribution in [2.75, 3.05) is 6.26 Å². The van der Waals surface area contributed by atoms with Gasteiger partial charge in [0.1, 0.15) is 11.3 Å². The summed E-state index contributed by atoms with van der Waals surface area (Å²) in [6.45, 7) is 4.05. The minimum atomic E-state index is -0.0902. The van der Waals surface area contributed by atoms with Crippen molar-refractivity contribution in [2.45, 2.75) is 49.8 Å². The minimum absolute atomic E-state index is 0.0902. The van der Waals surface area contributed by atoms with Gasteiger partial charge in [0.2, 0.25) is 0 Å². The molecule has 2 heterocycles. The average molecular weight is 310 g/mol. The van der Waals surface area contributed by atoms with Crippen LogP contribution < -0.4 is 0 Å². The third kappa shape index (κ3) is 2.33. The number of alkyl halides is 1. The lowest BCUT2D eigenvalue weighted by molar-refractivity contribution is 0.516. The topological polar surface area (TPSA) is 30.7 Å². The highest BCUT2D eigenvalue weighted by Crippen LogP contribution is 2.41. The number of nitrogens with zero attached hydrogens (tertiary/aromatic N) is 3. The molecule has 3 nitrogen and oxygen atoms in total. The first-order chi connectivity index (χ1) is 9.61. The van der Waals surface area contributed by atoms with Crippen molar-refractivity contribution in [3.8, 4) is 0 Å². The summed E-state index contributed by atoms with van der Waals surface area (Å²) in [6, 6.07) is 2.58. The van der Waals surface area contributed by atoms with E-state index < -0.39 is 0 Å². The van der Waals surface area contributed by atoms with Crippen LogP contribution in [0.2, 0.25) is 0 Å². The number of imidazole rings is 1. The summed E-state index contributed by atoms with van der Waals surface area (Å²) in [5.41, 5.74) is 3.10. The van der Waals surface area contributed by atoms with E-state index in [0.717, 1.165) is 22.6 Å². The predicted molar refractivity (Wildman–Crippen MR) is 86.7 cm³/mol. The maximum Gasteiger partial charge on any atom is 0.160 e. The summed E-state index contributed by atoms with van der Waals surface area (Å²) in [6.07, 6.45) is 7.87. The highest BCUT2D eigenvalue weighted by molar-refractivity contribution is 7.99. The van der Waals surface area contributed by atoms with Crippen LogP contribution in [0.3, 0.4) is 0 Å². The number of fused-ring (bicyclic) bond motifs is 1. The molecule has 3 unspecified atom stereocenters. The molecule has 1 aliphatic carbocycles. The zero-order valence-corrected chi connectivity index (χ0v) is 13.7. The molecule has 1 fully saturated rings. The third-order valence-corrected chi connectivity index (χ3v) is 5.45. The molecular weight excluding hydrogens is 290 g/mol. The van der Waals surface area contributed by atoms with E-state index in [2.05, 4.69) is 28.8 Å². The number of aromatic nitrogens is 3. The molecule has 0 bridgehead atoms. The Balaban J connectivity index is 2.18. The van der Waals surface area contributed by atoms with E-state index >= 15 is 0 Å². The van der Waals surface area contributed by atoms with Crippen LogP contribution in [0.1, 0.15) is 49.0 Å². The molecule has 1 aliphatic rings. The number of hydrogen-bond acceptors (Lipinski definition) is 3. The molecule has 0 aromatic carbocycles. The Bertz CT molecular complexity index is 623. The molecule has 0 saturated heterocycles. The van der Waals surface area contributed by atoms with Gasteiger partial charge in [-0.25, -0.2) is 9.97 Å². The Morgan fingerprint density at radius 1 is 1.45 bits per heavy atom. The van der Waals surface area contributed by atoms with Crippen LogP contribution in [0.25, 0.3) is 11.2 Å². The smallest absolute Gasteiger partial charge is 0.160 e. The maximum atomic E-state index is 6.37. The van der Waals surface area contributed by atoms with E-state index in [0.29, 0.717) is 11.3 Å². The van der Waals surface area contributed by atoms with Gasteiger partial charge in [0.05, 0.1) is 5.38 Å². The van der Waals surface area contributed by atoms with E-state index in [1.54, 1.807) is 0 Å². The van der Waals surface area contributed by atoms with Gasteiger partial charge in [0, 0.05) is 17.5 Å². The summed E-state index contributed by atoms with van der Waals surface area (Å²) in [5.74, 6) is 0.964. The van der Waals surface area contributed by atoms with E-state index in [1.807, 2.05) is 24.9 Å². The van der Waals surface area contributed by atoms with Crippen molar-refractivity contribution >= 4 is 34.5 Å². The van der Waals surface area contributed by atoms with Gasteiger partial charge in [-0.3, -0.25) is 0 Å². The van der Waals surface area contributed by atoms with Crippen LogP contribution in [-0.4, -0.2) is 26.0 Å². The fourth-order valence-corrected chi connectivity index (χ4v) is 4.31. The van der Waals surface area contributed by atoms with E-state index in [4.69, 9.17) is 16.6 Å². The number of thioether (sulfide) groups is 1. The Morgan fingerprint density at radius 2 is 2.25 bits per heavy atom. The Morgan fingerprint density at radius 3 is 2.95 bits per heavy atom. The van der Waals surface area contributed by atoms with Gasteiger partial charge in [0.15, 0.2) is 5.65 Å². The number of pyridine rings is 1. The third-order valence-electron chi connectivity index (χ3n) is 4.10. The Hall–Kier alpha value is -0.740. The average Bonchev–Trinajstić information content (AvgIpc) is 3.00. The lowest BCUT2D eigenvalue weighted by Gasteiger charge is -2.22. The number of halogens is 1. The fraction of sp³-hybridized carbons (Fsp3) is 0.600. The first-order valence-corrected chi connectivity index (χ1v) is 8.85. The van der Waals surface area contributed by atoms with E-state index in [1.165, 1.54) is 19.3 Å². The van der Waals surface area contributed by atoms with Crippen LogP contribution in [0.5, 0.6) is 0 Å². The van der Waals surface area contributed by atoms with Gasteiger partial charge in [-0.15, -0.1) is 11.6 Å². The van der Waals surface area contributed by atoms with Crippen molar-refractivity contribution in [2.24, 2.45) is 0 Å². The van der Waals surface area contributed by atoms with Gasteiger partial charge in [-0.1, -0.05) is 6.42 Å². The highest BCUT2D eigenvalue weighted by Gasteiger charge is 2.32. The van der Waals surface area contributed by atoms with Crippen LogP contribution >= 0.6 is 23.4 Å². The Kier molecular flexibility index (Phi) is 3.95. The summed E-state index contributed by atoms with van der Waals surface area (Å²) >= 11 is 8.32. The van der Waals surface area contributed by atoms with Crippen molar-refractivity contribution in [3.05, 3.63) is 23.7 Å². The van der Waals surface area contributed by atoms with Crippen LogP contribution in [0.4, 0.5) is 0 Å². The lowest BCUT2D eigenvalue weighted by Crippen LogP contribution is -2.18. The number of rotatable bonds is 3. The minimum Gasteiger partial charge on any atom is -0.307 e. The zero-order valence-electron chi connectivity index (χ0n) is 12.1. The zero-order chi connectivity index (χ0) is 14.3. The second-order valence-electron chi connectivity index (χ2n) is 5.58. The van der Waals surface area contributed by atoms with E-state index in [-0.39, 0.29) is 5.38 Å². The number of aryl methyl sites for hydroxylation is 1. The molecule has 0 spiro atoms. The molecule has 3 atom stereocenters. The first kappa shape index (κ1) is 14.2. The standard InChI is InChI=1S/C15H20ClN3S/c1-9-7-11-15(17-8-9)19(14(18-11)10(2)16)12-5-4-6-13(12)20-3/h7-8,10,12-13H,4-6H2,1-3H3.